The van der Waals surface area contributed by atoms with Crippen LogP contribution in [-0.2, 0) is 14.9 Å². The van der Waals surface area contributed by atoms with Gasteiger partial charge in [-0.05, 0) is 24.5 Å². The second kappa shape index (κ2) is 4.07. The van der Waals surface area contributed by atoms with Crippen LogP contribution in [0.25, 0.3) is 0 Å². The summed E-state index contributed by atoms with van der Waals surface area (Å²) in [5, 5.41) is 9.03. The van der Waals surface area contributed by atoms with Gasteiger partial charge >= 0.3 is 5.97 Å². The van der Waals surface area contributed by atoms with E-state index in [0.717, 1.165) is 12.1 Å². The van der Waals surface area contributed by atoms with Crippen molar-refractivity contribution in [1.82, 2.24) is 0 Å². The second-order valence-electron chi connectivity index (χ2n) is 4.23. The van der Waals surface area contributed by atoms with Gasteiger partial charge in [0, 0.05) is 18.6 Å². The highest BCUT2D eigenvalue weighted by atomic mass is 19.1. The molecule has 1 aromatic carbocycles. The van der Waals surface area contributed by atoms with E-state index in [1.165, 1.54) is 13.2 Å². The zero-order valence-electron chi connectivity index (χ0n) is 9.24. The monoisotopic (exact) mass is 242 g/mol. The van der Waals surface area contributed by atoms with Gasteiger partial charge in [-0.2, -0.15) is 0 Å². The first-order chi connectivity index (χ1) is 8.01. The number of hydrogen-bond donors (Lipinski definition) is 1. The van der Waals surface area contributed by atoms with Gasteiger partial charge in [-0.25, -0.2) is 13.6 Å². The first kappa shape index (κ1) is 12.0. The highest BCUT2D eigenvalue weighted by Gasteiger charge is 2.55. The van der Waals surface area contributed by atoms with E-state index in [4.69, 9.17) is 9.84 Å². The van der Waals surface area contributed by atoms with Crippen molar-refractivity contribution in [2.45, 2.75) is 24.4 Å². The number of methoxy groups -OCH3 is 1. The topological polar surface area (TPSA) is 46.5 Å². The quantitative estimate of drug-likeness (QED) is 0.879. The van der Waals surface area contributed by atoms with Crippen LogP contribution in [0.15, 0.2) is 18.2 Å². The molecule has 3 nitrogen and oxygen atoms in total. The van der Waals surface area contributed by atoms with Crippen LogP contribution in [-0.4, -0.2) is 24.3 Å². The van der Waals surface area contributed by atoms with E-state index in [1.54, 1.807) is 0 Å². The maximum absolute atomic E-state index is 13.7. The van der Waals surface area contributed by atoms with E-state index in [0.29, 0.717) is 12.8 Å². The number of carboxylic acids is 1. The predicted octanol–water partition coefficient (Wildman–Crippen LogP) is 2.10. The molecule has 1 aliphatic rings. The van der Waals surface area contributed by atoms with Crippen molar-refractivity contribution in [3.05, 3.63) is 35.4 Å². The van der Waals surface area contributed by atoms with Crippen molar-refractivity contribution in [3.63, 3.8) is 0 Å². The third-order valence-electron chi connectivity index (χ3n) is 3.22. The molecule has 0 aliphatic heterocycles. The number of aliphatic carboxylic acids is 1. The van der Waals surface area contributed by atoms with Gasteiger partial charge in [0.1, 0.15) is 11.6 Å². The molecule has 0 bridgehead atoms. The third-order valence-corrected chi connectivity index (χ3v) is 3.22. The maximum atomic E-state index is 13.7. The zero-order valence-corrected chi connectivity index (χ0v) is 9.24. The summed E-state index contributed by atoms with van der Waals surface area (Å²) in [5.41, 5.74) is -0.633. The minimum absolute atomic E-state index is 0.216. The molecule has 1 N–H and O–H groups in total. The number of carboxylic acid groups (broad SMARTS) is 1. The average Bonchev–Trinajstić information content (AvgIpc) is 2.99. The molecule has 1 fully saturated rings. The molecular formula is C12H12F2O3. The van der Waals surface area contributed by atoms with Gasteiger partial charge in [0.2, 0.25) is 0 Å². The summed E-state index contributed by atoms with van der Waals surface area (Å²) in [5.74, 6) is -2.52. The van der Waals surface area contributed by atoms with E-state index < -0.39 is 29.1 Å². The lowest BCUT2D eigenvalue weighted by Crippen LogP contribution is -2.36. The first-order valence-corrected chi connectivity index (χ1v) is 5.22. The number of rotatable bonds is 4. The van der Waals surface area contributed by atoms with Crippen molar-refractivity contribution in [2.75, 3.05) is 7.11 Å². The van der Waals surface area contributed by atoms with Crippen LogP contribution in [0.4, 0.5) is 8.78 Å². The molecule has 1 aliphatic carbocycles. The number of carbonyl (C=O) groups is 1. The van der Waals surface area contributed by atoms with E-state index in [1.807, 2.05) is 0 Å². The predicted molar refractivity (Wildman–Crippen MR) is 55.7 cm³/mol. The van der Waals surface area contributed by atoms with Gasteiger partial charge in [-0.15, -0.1) is 0 Å². The van der Waals surface area contributed by atoms with E-state index in [2.05, 4.69) is 0 Å². The van der Waals surface area contributed by atoms with Gasteiger partial charge < -0.3 is 9.84 Å². The highest BCUT2D eigenvalue weighted by Crippen LogP contribution is 2.52. The van der Waals surface area contributed by atoms with Crippen LogP contribution < -0.4 is 0 Å². The standard InChI is InChI=1S/C12H12F2O3/c1-17-10(11(15)16)12(4-5-12)8-3-2-7(13)6-9(8)14/h2-3,6,10H,4-5H2,1H3,(H,15,16). The minimum Gasteiger partial charge on any atom is -0.479 e. The third kappa shape index (κ3) is 1.91. The van der Waals surface area contributed by atoms with Crippen molar-refractivity contribution in [2.24, 2.45) is 0 Å². The SMILES string of the molecule is COC(C(=O)O)C1(c2ccc(F)cc2F)CC1. The van der Waals surface area contributed by atoms with Crippen molar-refractivity contribution in [1.29, 1.82) is 0 Å². The molecule has 1 saturated carbocycles. The number of benzene rings is 1. The summed E-state index contributed by atoms with van der Waals surface area (Å²) in [6, 6.07) is 3.20. The Labute approximate surface area is 97.0 Å². The minimum atomic E-state index is -1.13. The fourth-order valence-corrected chi connectivity index (χ4v) is 2.26. The Kier molecular flexibility index (Phi) is 2.87. The highest BCUT2D eigenvalue weighted by molar-refractivity contribution is 5.76. The van der Waals surface area contributed by atoms with Crippen LogP contribution in [0, 0.1) is 11.6 Å². The molecule has 1 atom stereocenters. The van der Waals surface area contributed by atoms with E-state index in [-0.39, 0.29) is 5.56 Å². The van der Waals surface area contributed by atoms with E-state index in [9.17, 15) is 13.6 Å². The van der Waals surface area contributed by atoms with Gasteiger partial charge in [-0.1, -0.05) is 6.07 Å². The molecule has 17 heavy (non-hydrogen) atoms. The van der Waals surface area contributed by atoms with Gasteiger partial charge in [0.25, 0.3) is 0 Å². The fourth-order valence-electron chi connectivity index (χ4n) is 2.26. The number of halogens is 2. The van der Waals surface area contributed by atoms with E-state index >= 15 is 0 Å². The Balaban J connectivity index is 2.41. The van der Waals surface area contributed by atoms with Crippen molar-refractivity contribution in [3.8, 4) is 0 Å². The Morgan fingerprint density at radius 2 is 2.12 bits per heavy atom. The molecule has 1 aromatic rings. The zero-order chi connectivity index (χ0) is 12.6. The van der Waals surface area contributed by atoms with Crippen molar-refractivity contribution >= 4 is 5.97 Å². The molecule has 0 heterocycles. The Bertz CT molecular complexity index is 455. The first-order valence-electron chi connectivity index (χ1n) is 5.22. The largest absolute Gasteiger partial charge is 0.479 e. The van der Waals surface area contributed by atoms with Crippen LogP contribution in [0.3, 0.4) is 0 Å². The van der Waals surface area contributed by atoms with Crippen LogP contribution in [0.1, 0.15) is 18.4 Å². The summed E-state index contributed by atoms with van der Waals surface area (Å²) in [4.78, 5) is 11.0. The van der Waals surface area contributed by atoms with Gasteiger partial charge in [0.05, 0.1) is 0 Å². The summed E-state index contributed by atoms with van der Waals surface area (Å²) >= 11 is 0. The molecule has 5 heteroatoms. The fraction of sp³-hybridized carbons (Fsp3) is 0.417. The Morgan fingerprint density at radius 1 is 1.47 bits per heavy atom. The summed E-state index contributed by atoms with van der Waals surface area (Å²) in [6.45, 7) is 0. The number of ether oxygens (including phenoxy) is 1. The Hall–Kier alpha value is -1.49. The summed E-state index contributed by atoms with van der Waals surface area (Å²) in [7, 11) is 1.28. The number of hydrogen-bond acceptors (Lipinski definition) is 2. The molecular weight excluding hydrogens is 230 g/mol. The molecule has 92 valence electrons. The van der Waals surface area contributed by atoms with Crippen LogP contribution in [0.5, 0.6) is 0 Å². The van der Waals surface area contributed by atoms with Gasteiger partial charge in [-0.3, -0.25) is 0 Å². The molecule has 0 aromatic heterocycles. The lowest BCUT2D eigenvalue weighted by atomic mass is 9.89. The average molecular weight is 242 g/mol. The van der Waals surface area contributed by atoms with Crippen molar-refractivity contribution < 1.29 is 23.4 Å². The maximum Gasteiger partial charge on any atom is 0.333 e. The lowest BCUT2D eigenvalue weighted by Gasteiger charge is -2.22. The normalized spacial score (nSPS) is 18.8. The molecule has 2 rings (SSSR count). The summed E-state index contributed by atoms with van der Waals surface area (Å²) in [6.07, 6.45) is -0.0387. The molecule has 0 amide bonds. The van der Waals surface area contributed by atoms with Gasteiger partial charge in [0.15, 0.2) is 6.10 Å². The molecule has 0 radical (unpaired) electrons. The summed E-state index contributed by atoms with van der Waals surface area (Å²) < 4.78 is 31.4. The molecule has 0 saturated heterocycles. The smallest absolute Gasteiger partial charge is 0.333 e. The van der Waals surface area contributed by atoms with Crippen LogP contribution >= 0.6 is 0 Å². The second-order valence-corrected chi connectivity index (χ2v) is 4.23. The Morgan fingerprint density at radius 3 is 2.53 bits per heavy atom. The lowest BCUT2D eigenvalue weighted by molar-refractivity contribution is -0.150. The molecule has 1 unspecified atom stereocenters. The molecule has 0 spiro atoms. The van der Waals surface area contributed by atoms with Crippen LogP contribution in [0.2, 0.25) is 0 Å².